The smallest absolute Gasteiger partial charge is 0.233 e. The molecule has 1 atom stereocenters. The number of hydrogen-bond acceptors (Lipinski definition) is 4. The van der Waals surface area contributed by atoms with E-state index < -0.39 is 0 Å². The Hall–Kier alpha value is -2.37. The van der Waals surface area contributed by atoms with Gasteiger partial charge in [0.1, 0.15) is 5.75 Å². The van der Waals surface area contributed by atoms with Gasteiger partial charge in [-0.2, -0.15) is 0 Å². The largest absolute Gasteiger partial charge is 0.497 e. The van der Waals surface area contributed by atoms with Crippen molar-refractivity contribution in [2.45, 2.75) is 26.7 Å². The molecular formula is C22H23ClN2O2S. The number of benzene rings is 2. The molecule has 0 bridgehead atoms. The monoisotopic (exact) mass is 414 g/mol. The fourth-order valence-electron chi connectivity index (χ4n) is 3.16. The zero-order chi connectivity index (χ0) is 20.3. The molecule has 0 radical (unpaired) electrons. The minimum Gasteiger partial charge on any atom is -0.497 e. The molecule has 0 spiro atoms. The molecule has 4 nitrogen and oxygen atoms in total. The van der Waals surface area contributed by atoms with E-state index in [1.807, 2.05) is 69.3 Å². The predicted molar refractivity (Wildman–Crippen MR) is 116 cm³/mol. The highest BCUT2D eigenvalue weighted by Gasteiger charge is 2.25. The van der Waals surface area contributed by atoms with Crippen LogP contribution in [0.25, 0.3) is 11.3 Å². The Morgan fingerprint density at radius 2 is 1.75 bits per heavy atom. The summed E-state index contributed by atoms with van der Waals surface area (Å²) in [6.45, 7) is 6.08. The molecule has 0 aliphatic rings. The van der Waals surface area contributed by atoms with E-state index in [4.69, 9.17) is 16.3 Å². The minimum absolute atomic E-state index is 0.0626. The molecule has 1 heterocycles. The van der Waals surface area contributed by atoms with Crippen LogP contribution < -0.4 is 10.1 Å². The Labute approximate surface area is 174 Å². The van der Waals surface area contributed by atoms with Crippen LogP contribution in [0.3, 0.4) is 0 Å². The van der Waals surface area contributed by atoms with E-state index >= 15 is 0 Å². The Morgan fingerprint density at radius 1 is 1.11 bits per heavy atom. The molecule has 0 fully saturated rings. The van der Waals surface area contributed by atoms with Gasteiger partial charge in [-0.15, -0.1) is 11.3 Å². The summed E-state index contributed by atoms with van der Waals surface area (Å²) in [4.78, 5) is 18.7. The minimum atomic E-state index is -0.272. The van der Waals surface area contributed by atoms with Crippen molar-refractivity contribution in [2.24, 2.45) is 5.92 Å². The van der Waals surface area contributed by atoms with Crippen LogP contribution in [-0.2, 0) is 4.79 Å². The fraction of sp³-hybridized carbons (Fsp3) is 0.273. The van der Waals surface area contributed by atoms with Crippen LogP contribution in [0.15, 0.2) is 48.5 Å². The summed E-state index contributed by atoms with van der Waals surface area (Å²) in [5.74, 6) is 0.606. The third-order valence-electron chi connectivity index (χ3n) is 4.57. The Kier molecular flexibility index (Phi) is 6.37. The van der Waals surface area contributed by atoms with Gasteiger partial charge in [0.2, 0.25) is 5.91 Å². The highest BCUT2D eigenvalue weighted by molar-refractivity contribution is 7.16. The van der Waals surface area contributed by atoms with Crippen molar-refractivity contribution >= 4 is 34.0 Å². The number of hydrogen-bond donors (Lipinski definition) is 1. The van der Waals surface area contributed by atoms with Crippen LogP contribution in [-0.4, -0.2) is 18.0 Å². The summed E-state index contributed by atoms with van der Waals surface area (Å²) >= 11 is 7.46. The summed E-state index contributed by atoms with van der Waals surface area (Å²) in [6, 6.07) is 15.2. The van der Waals surface area contributed by atoms with Gasteiger partial charge in [0.15, 0.2) is 5.13 Å². The molecule has 1 amide bonds. The number of nitrogens with zero attached hydrogens (tertiary/aromatic N) is 1. The van der Waals surface area contributed by atoms with Crippen molar-refractivity contribution in [3.8, 4) is 17.0 Å². The molecule has 0 saturated heterocycles. The number of aryl methyl sites for hydroxylation is 1. The average Bonchev–Trinajstić information content (AvgIpc) is 3.03. The molecule has 0 aliphatic heterocycles. The van der Waals surface area contributed by atoms with Crippen LogP contribution in [0.5, 0.6) is 5.75 Å². The Balaban J connectivity index is 1.82. The number of ether oxygens (including phenoxy) is 1. The van der Waals surface area contributed by atoms with Gasteiger partial charge in [0.25, 0.3) is 0 Å². The molecule has 1 N–H and O–H groups in total. The lowest BCUT2D eigenvalue weighted by atomic mass is 9.88. The van der Waals surface area contributed by atoms with E-state index in [0.29, 0.717) is 10.2 Å². The maximum absolute atomic E-state index is 13.0. The van der Waals surface area contributed by atoms with Crippen LogP contribution in [0.2, 0.25) is 5.02 Å². The van der Waals surface area contributed by atoms with Crippen LogP contribution >= 0.6 is 22.9 Å². The van der Waals surface area contributed by atoms with Crippen LogP contribution in [0, 0.1) is 12.8 Å². The number of rotatable bonds is 6. The third-order valence-corrected chi connectivity index (χ3v) is 5.71. The summed E-state index contributed by atoms with van der Waals surface area (Å²) in [5, 5.41) is 4.26. The molecule has 6 heteroatoms. The molecule has 28 heavy (non-hydrogen) atoms. The molecule has 0 aliphatic carbocycles. The van der Waals surface area contributed by atoms with Crippen LogP contribution in [0.1, 0.15) is 30.2 Å². The van der Waals surface area contributed by atoms with Gasteiger partial charge in [0.05, 0.1) is 18.7 Å². The predicted octanol–water partition coefficient (Wildman–Crippen LogP) is 6.16. The first-order valence-electron chi connectivity index (χ1n) is 9.07. The Morgan fingerprint density at radius 3 is 2.32 bits per heavy atom. The van der Waals surface area contributed by atoms with Crippen molar-refractivity contribution in [1.82, 2.24) is 4.98 Å². The maximum atomic E-state index is 13.0. The molecule has 1 aromatic heterocycles. The number of carbonyl (C=O) groups excluding carboxylic acids is 1. The summed E-state index contributed by atoms with van der Waals surface area (Å²) < 4.78 is 5.21. The second-order valence-corrected chi connectivity index (χ2v) is 8.55. The van der Waals surface area contributed by atoms with Crippen molar-refractivity contribution in [1.29, 1.82) is 0 Å². The first-order valence-corrected chi connectivity index (χ1v) is 10.3. The average molecular weight is 415 g/mol. The molecule has 2 aromatic carbocycles. The van der Waals surface area contributed by atoms with Gasteiger partial charge < -0.3 is 10.1 Å². The van der Waals surface area contributed by atoms with Gasteiger partial charge in [0, 0.05) is 15.5 Å². The number of nitrogens with one attached hydrogen (secondary N) is 1. The van der Waals surface area contributed by atoms with Gasteiger partial charge in [-0.1, -0.05) is 37.6 Å². The standard InChI is InChI=1S/C22H23ClN2O2S/c1-13(2)19(15-5-9-17(23)10-6-15)21(26)25-22-24-20(14(3)28-22)16-7-11-18(27-4)12-8-16/h5-13,19H,1-4H3,(H,24,25,26). The van der Waals surface area contributed by atoms with Crippen molar-refractivity contribution in [2.75, 3.05) is 12.4 Å². The normalized spacial score (nSPS) is 12.1. The fourth-order valence-corrected chi connectivity index (χ4v) is 4.12. The van der Waals surface area contributed by atoms with E-state index in [2.05, 4.69) is 10.3 Å². The van der Waals surface area contributed by atoms with Gasteiger partial charge in [-0.05, 0) is 54.8 Å². The molecule has 0 saturated carbocycles. The van der Waals surface area contributed by atoms with E-state index in [1.165, 1.54) is 11.3 Å². The second-order valence-electron chi connectivity index (χ2n) is 6.91. The van der Waals surface area contributed by atoms with E-state index in [1.54, 1.807) is 7.11 Å². The van der Waals surface area contributed by atoms with Crippen molar-refractivity contribution < 1.29 is 9.53 Å². The van der Waals surface area contributed by atoms with Crippen LogP contribution in [0.4, 0.5) is 5.13 Å². The lowest BCUT2D eigenvalue weighted by molar-refractivity contribution is -0.118. The number of anilines is 1. The number of amides is 1. The lowest BCUT2D eigenvalue weighted by Crippen LogP contribution is -2.25. The van der Waals surface area contributed by atoms with E-state index in [0.717, 1.165) is 27.4 Å². The highest BCUT2D eigenvalue weighted by atomic mass is 35.5. The van der Waals surface area contributed by atoms with Gasteiger partial charge in [-0.3, -0.25) is 4.79 Å². The lowest BCUT2D eigenvalue weighted by Gasteiger charge is -2.20. The van der Waals surface area contributed by atoms with Gasteiger partial charge in [-0.25, -0.2) is 4.98 Å². The zero-order valence-electron chi connectivity index (χ0n) is 16.3. The summed E-state index contributed by atoms with van der Waals surface area (Å²) in [6.07, 6.45) is 0. The van der Waals surface area contributed by atoms with E-state index in [-0.39, 0.29) is 17.7 Å². The van der Waals surface area contributed by atoms with Crippen molar-refractivity contribution in [3.05, 3.63) is 64.0 Å². The molecule has 3 rings (SSSR count). The maximum Gasteiger partial charge on any atom is 0.233 e. The quantitative estimate of drug-likeness (QED) is 0.525. The first-order chi connectivity index (χ1) is 13.4. The number of halogens is 1. The number of thiazole rings is 1. The molecular weight excluding hydrogens is 392 g/mol. The van der Waals surface area contributed by atoms with Crippen molar-refractivity contribution in [3.63, 3.8) is 0 Å². The second kappa shape index (κ2) is 8.76. The van der Waals surface area contributed by atoms with Gasteiger partial charge >= 0.3 is 0 Å². The summed E-state index contributed by atoms with van der Waals surface area (Å²) in [5.41, 5.74) is 2.81. The zero-order valence-corrected chi connectivity index (χ0v) is 17.9. The first kappa shape index (κ1) is 20.4. The summed E-state index contributed by atoms with van der Waals surface area (Å²) in [7, 11) is 1.64. The highest BCUT2D eigenvalue weighted by Crippen LogP contribution is 2.33. The topological polar surface area (TPSA) is 51.2 Å². The third kappa shape index (κ3) is 4.54. The number of carbonyl (C=O) groups is 1. The molecule has 1 unspecified atom stereocenters. The molecule has 3 aromatic rings. The number of aromatic nitrogens is 1. The Bertz CT molecular complexity index is 950. The molecule has 146 valence electrons. The number of methoxy groups -OCH3 is 1. The SMILES string of the molecule is COc1ccc(-c2nc(NC(=O)C(c3ccc(Cl)cc3)C(C)C)sc2C)cc1. The van der Waals surface area contributed by atoms with E-state index in [9.17, 15) is 4.79 Å².